The fraction of sp³-hybridized carbons (Fsp3) is 0.519. The number of carbonyl (C=O) groups excluding carboxylic acids is 1. The van der Waals surface area contributed by atoms with Gasteiger partial charge in [0.05, 0.1) is 16.9 Å². The molecule has 1 saturated heterocycles. The molecule has 0 aromatic heterocycles. The smallest absolute Gasteiger partial charge is 0.381 e. The summed E-state index contributed by atoms with van der Waals surface area (Å²) in [5, 5.41) is 6.25. The van der Waals surface area contributed by atoms with Crippen molar-refractivity contribution < 1.29 is 26.7 Å². The standard InChI is InChI=1S/C27H34F5N3O/c28-18-22(29)7-3-1-4-8-26(36)34-24-14-13-23(17-25(24)35-15-5-2-6-16-35)33-19-20-9-11-21(12-10-20)27(30,31)32/h9-14,17,22,33H,1-8,15-16,18-19H2,(H,34,36)/t22-/m0/s1. The highest BCUT2D eigenvalue weighted by atomic mass is 19.4. The largest absolute Gasteiger partial charge is 0.416 e. The minimum atomic E-state index is -4.36. The number of rotatable bonds is 12. The van der Waals surface area contributed by atoms with Crippen molar-refractivity contribution in [1.82, 2.24) is 0 Å². The maximum Gasteiger partial charge on any atom is 0.416 e. The molecule has 0 radical (unpaired) electrons. The Morgan fingerprint density at radius 3 is 2.36 bits per heavy atom. The van der Waals surface area contributed by atoms with E-state index in [9.17, 15) is 26.7 Å². The summed E-state index contributed by atoms with van der Waals surface area (Å²) in [6.45, 7) is 1.16. The number of piperidine rings is 1. The minimum absolute atomic E-state index is 0.124. The molecule has 1 amide bonds. The van der Waals surface area contributed by atoms with Crippen LogP contribution < -0.4 is 15.5 Å². The van der Waals surface area contributed by atoms with Gasteiger partial charge in [0.2, 0.25) is 5.91 Å². The summed E-state index contributed by atoms with van der Waals surface area (Å²) in [5.41, 5.74) is 2.48. The Bertz CT molecular complexity index is 959. The van der Waals surface area contributed by atoms with Crippen LogP contribution in [0.2, 0.25) is 0 Å². The molecule has 1 aliphatic rings. The Morgan fingerprint density at radius 2 is 1.69 bits per heavy atom. The van der Waals surface area contributed by atoms with Gasteiger partial charge in [0.25, 0.3) is 0 Å². The Kier molecular flexibility index (Phi) is 10.4. The van der Waals surface area contributed by atoms with E-state index in [0.29, 0.717) is 37.9 Å². The van der Waals surface area contributed by atoms with Crippen molar-refractivity contribution in [2.75, 3.05) is 35.3 Å². The van der Waals surface area contributed by atoms with E-state index >= 15 is 0 Å². The average molecular weight is 512 g/mol. The van der Waals surface area contributed by atoms with Crippen LogP contribution in [0.5, 0.6) is 0 Å². The average Bonchev–Trinajstić information content (AvgIpc) is 2.88. The van der Waals surface area contributed by atoms with Gasteiger partial charge in [-0.3, -0.25) is 4.79 Å². The normalized spacial score (nSPS) is 15.0. The van der Waals surface area contributed by atoms with Gasteiger partial charge in [-0.2, -0.15) is 13.2 Å². The highest BCUT2D eigenvalue weighted by Crippen LogP contribution is 2.33. The summed E-state index contributed by atoms with van der Waals surface area (Å²) in [5.74, 6) is -0.124. The Morgan fingerprint density at radius 1 is 0.972 bits per heavy atom. The van der Waals surface area contributed by atoms with Crippen LogP contribution in [0.3, 0.4) is 0 Å². The summed E-state index contributed by atoms with van der Waals surface area (Å²) in [4.78, 5) is 14.8. The van der Waals surface area contributed by atoms with Crippen LogP contribution >= 0.6 is 0 Å². The fourth-order valence-electron chi connectivity index (χ4n) is 4.28. The van der Waals surface area contributed by atoms with Crippen molar-refractivity contribution in [1.29, 1.82) is 0 Å². The highest BCUT2D eigenvalue weighted by molar-refractivity contribution is 5.95. The number of benzene rings is 2. The van der Waals surface area contributed by atoms with Crippen molar-refractivity contribution in [3.05, 3.63) is 53.6 Å². The molecule has 198 valence electrons. The van der Waals surface area contributed by atoms with E-state index in [0.717, 1.165) is 61.4 Å². The molecule has 1 atom stereocenters. The molecule has 9 heteroatoms. The van der Waals surface area contributed by atoms with Gasteiger partial charge in [-0.05, 0) is 68.0 Å². The molecular formula is C27H34F5N3O. The lowest BCUT2D eigenvalue weighted by Gasteiger charge is -2.31. The molecule has 2 N–H and O–H groups in total. The summed E-state index contributed by atoms with van der Waals surface area (Å²) >= 11 is 0. The molecule has 1 heterocycles. The van der Waals surface area contributed by atoms with E-state index < -0.39 is 24.6 Å². The molecule has 2 aromatic carbocycles. The molecule has 0 bridgehead atoms. The highest BCUT2D eigenvalue weighted by Gasteiger charge is 2.29. The molecule has 36 heavy (non-hydrogen) atoms. The van der Waals surface area contributed by atoms with Crippen LogP contribution in [-0.2, 0) is 17.5 Å². The number of hydrogen-bond donors (Lipinski definition) is 2. The molecule has 0 unspecified atom stereocenters. The summed E-state index contributed by atoms with van der Waals surface area (Å²) < 4.78 is 63.5. The molecular weight excluding hydrogens is 477 g/mol. The first-order valence-electron chi connectivity index (χ1n) is 12.5. The second kappa shape index (κ2) is 13.5. The third kappa shape index (κ3) is 8.68. The lowest BCUT2D eigenvalue weighted by atomic mass is 10.1. The van der Waals surface area contributed by atoms with E-state index in [1.54, 1.807) is 0 Å². The quantitative estimate of drug-likeness (QED) is 0.229. The van der Waals surface area contributed by atoms with E-state index in [4.69, 9.17) is 0 Å². The molecule has 1 aliphatic heterocycles. The molecule has 4 nitrogen and oxygen atoms in total. The molecule has 3 rings (SSSR count). The minimum Gasteiger partial charge on any atom is -0.381 e. The lowest BCUT2D eigenvalue weighted by molar-refractivity contribution is -0.137. The molecule has 1 fully saturated rings. The van der Waals surface area contributed by atoms with Gasteiger partial charge in [-0.15, -0.1) is 0 Å². The van der Waals surface area contributed by atoms with Crippen LogP contribution in [0.4, 0.5) is 39.0 Å². The second-order valence-electron chi connectivity index (χ2n) is 9.23. The van der Waals surface area contributed by atoms with Gasteiger partial charge in [-0.1, -0.05) is 25.0 Å². The van der Waals surface area contributed by atoms with Crippen LogP contribution in [0.1, 0.15) is 62.5 Å². The Balaban J connectivity index is 1.61. The number of carbonyl (C=O) groups is 1. The molecule has 0 aliphatic carbocycles. The third-order valence-electron chi connectivity index (χ3n) is 6.34. The molecule has 2 aromatic rings. The molecule has 0 saturated carbocycles. The van der Waals surface area contributed by atoms with E-state index in [-0.39, 0.29) is 12.3 Å². The summed E-state index contributed by atoms with van der Waals surface area (Å²) in [6.07, 6.45) is -0.187. The number of anilines is 3. The number of amides is 1. The van der Waals surface area contributed by atoms with E-state index in [2.05, 4.69) is 15.5 Å². The van der Waals surface area contributed by atoms with Crippen molar-refractivity contribution in [2.24, 2.45) is 0 Å². The predicted octanol–water partition coefficient (Wildman–Crippen LogP) is 7.50. The van der Waals surface area contributed by atoms with Crippen LogP contribution in [0.25, 0.3) is 0 Å². The number of alkyl halides is 5. The second-order valence-corrected chi connectivity index (χ2v) is 9.23. The van der Waals surface area contributed by atoms with Gasteiger partial charge in [0.1, 0.15) is 12.8 Å². The van der Waals surface area contributed by atoms with Gasteiger partial charge in [0, 0.05) is 31.7 Å². The lowest BCUT2D eigenvalue weighted by Crippen LogP contribution is -2.30. The van der Waals surface area contributed by atoms with E-state index in [1.165, 1.54) is 12.1 Å². The van der Waals surface area contributed by atoms with Gasteiger partial charge in [0.15, 0.2) is 0 Å². The van der Waals surface area contributed by atoms with Crippen molar-refractivity contribution in [3.63, 3.8) is 0 Å². The number of hydrogen-bond acceptors (Lipinski definition) is 3. The SMILES string of the molecule is O=C(CCCCC[C@H](F)CF)Nc1ccc(NCc2ccc(C(F)(F)F)cc2)cc1N1CCCCC1. The summed E-state index contributed by atoms with van der Waals surface area (Å²) in [6, 6.07) is 10.7. The third-order valence-corrected chi connectivity index (χ3v) is 6.34. The van der Waals surface area contributed by atoms with Crippen LogP contribution in [0.15, 0.2) is 42.5 Å². The Hall–Kier alpha value is -2.84. The fourth-order valence-corrected chi connectivity index (χ4v) is 4.28. The van der Waals surface area contributed by atoms with Gasteiger partial charge < -0.3 is 15.5 Å². The zero-order valence-electron chi connectivity index (χ0n) is 20.3. The zero-order valence-corrected chi connectivity index (χ0v) is 20.3. The molecule has 0 spiro atoms. The van der Waals surface area contributed by atoms with Gasteiger partial charge >= 0.3 is 6.18 Å². The number of halogens is 5. The number of nitrogens with zero attached hydrogens (tertiary/aromatic N) is 1. The van der Waals surface area contributed by atoms with Crippen molar-refractivity contribution in [2.45, 2.75) is 70.3 Å². The first-order valence-corrected chi connectivity index (χ1v) is 12.5. The topological polar surface area (TPSA) is 44.4 Å². The van der Waals surface area contributed by atoms with Crippen molar-refractivity contribution in [3.8, 4) is 0 Å². The van der Waals surface area contributed by atoms with Crippen molar-refractivity contribution >= 4 is 23.0 Å². The number of unbranched alkanes of at least 4 members (excludes halogenated alkanes) is 2. The van der Waals surface area contributed by atoms with Gasteiger partial charge in [-0.25, -0.2) is 8.78 Å². The maximum atomic E-state index is 13.0. The van der Waals surface area contributed by atoms with E-state index in [1.807, 2.05) is 18.2 Å². The Labute approximate surface area is 209 Å². The first kappa shape index (κ1) is 27.7. The summed E-state index contributed by atoms with van der Waals surface area (Å²) in [7, 11) is 0. The van der Waals surface area contributed by atoms with Crippen LogP contribution in [-0.4, -0.2) is 31.8 Å². The monoisotopic (exact) mass is 511 g/mol. The van der Waals surface area contributed by atoms with Crippen LogP contribution in [0, 0.1) is 0 Å². The zero-order chi connectivity index (χ0) is 26.0. The predicted molar refractivity (Wildman–Crippen MR) is 134 cm³/mol. The first-order chi connectivity index (χ1) is 17.3. The maximum absolute atomic E-state index is 13.0. The number of nitrogens with one attached hydrogen (secondary N) is 2.